The first-order valence-corrected chi connectivity index (χ1v) is 9.52. The fourth-order valence-electron chi connectivity index (χ4n) is 2.85. The molecular formula is C18H27BrFN3O2. The molecule has 1 heterocycles. The Morgan fingerprint density at radius 1 is 1.24 bits per heavy atom. The Morgan fingerprint density at radius 3 is 2.64 bits per heavy atom. The normalized spacial score (nSPS) is 16.1. The minimum atomic E-state index is -0.176. The molecular weight excluding hydrogens is 389 g/mol. The van der Waals surface area contributed by atoms with E-state index in [0.29, 0.717) is 25.2 Å². The number of rotatable bonds is 9. The van der Waals surface area contributed by atoms with Gasteiger partial charge >= 0.3 is 0 Å². The summed E-state index contributed by atoms with van der Waals surface area (Å²) in [6, 6.07) is 5.19. The molecule has 1 N–H and O–H groups in total. The molecule has 0 aliphatic carbocycles. The number of ether oxygens (including phenoxy) is 1. The number of nitrogens with one attached hydrogen (secondary N) is 1. The molecule has 1 aromatic carbocycles. The second-order valence-corrected chi connectivity index (χ2v) is 7.25. The monoisotopic (exact) mass is 415 g/mol. The molecule has 0 bridgehead atoms. The van der Waals surface area contributed by atoms with Crippen LogP contribution in [0.5, 0.6) is 0 Å². The first-order valence-electron chi connectivity index (χ1n) is 8.73. The Labute approximate surface area is 157 Å². The van der Waals surface area contributed by atoms with Crippen molar-refractivity contribution in [3.8, 4) is 0 Å². The van der Waals surface area contributed by atoms with Crippen molar-refractivity contribution < 1.29 is 13.9 Å². The second kappa shape index (κ2) is 10.9. The summed E-state index contributed by atoms with van der Waals surface area (Å²) in [6.45, 7) is 5.82. The molecule has 1 aromatic rings. The van der Waals surface area contributed by atoms with Gasteiger partial charge in [-0.05, 0) is 25.0 Å². The fraction of sp³-hybridized carbons (Fsp3) is 0.611. The molecule has 2 rings (SSSR count). The van der Waals surface area contributed by atoms with Crippen molar-refractivity contribution in [3.63, 3.8) is 0 Å². The predicted octanol–water partition coefficient (Wildman–Crippen LogP) is 2.25. The van der Waals surface area contributed by atoms with Crippen LogP contribution in [0.2, 0.25) is 0 Å². The van der Waals surface area contributed by atoms with Crippen molar-refractivity contribution in [1.29, 1.82) is 0 Å². The lowest BCUT2D eigenvalue weighted by Crippen LogP contribution is -2.49. The third-order valence-corrected chi connectivity index (χ3v) is 4.83. The van der Waals surface area contributed by atoms with E-state index in [1.165, 1.54) is 6.07 Å². The molecule has 0 atom stereocenters. The van der Waals surface area contributed by atoms with Crippen LogP contribution in [0.25, 0.3) is 0 Å². The van der Waals surface area contributed by atoms with Crippen LogP contribution in [0.3, 0.4) is 0 Å². The number of carbonyl (C=O) groups is 1. The second-order valence-electron chi connectivity index (χ2n) is 6.34. The van der Waals surface area contributed by atoms with E-state index in [4.69, 9.17) is 4.74 Å². The zero-order valence-electron chi connectivity index (χ0n) is 14.8. The van der Waals surface area contributed by atoms with Crippen molar-refractivity contribution in [2.45, 2.75) is 19.4 Å². The van der Waals surface area contributed by atoms with Crippen molar-refractivity contribution in [3.05, 3.63) is 34.1 Å². The fourth-order valence-corrected chi connectivity index (χ4v) is 3.19. The van der Waals surface area contributed by atoms with Gasteiger partial charge in [-0.15, -0.1) is 0 Å². The van der Waals surface area contributed by atoms with Gasteiger partial charge in [-0.3, -0.25) is 14.6 Å². The van der Waals surface area contributed by atoms with Crippen LogP contribution in [0.4, 0.5) is 4.39 Å². The summed E-state index contributed by atoms with van der Waals surface area (Å²) >= 11 is 3.28. The summed E-state index contributed by atoms with van der Waals surface area (Å²) in [5.41, 5.74) is 0.713. The molecule has 1 aliphatic rings. The van der Waals surface area contributed by atoms with Gasteiger partial charge in [-0.1, -0.05) is 22.0 Å². The maximum Gasteiger partial charge on any atom is 0.234 e. The molecule has 0 spiro atoms. The Hall–Kier alpha value is -1.02. The number of carbonyl (C=O) groups excluding carboxylic acids is 1. The number of methoxy groups -OCH3 is 1. The van der Waals surface area contributed by atoms with E-state index < -0.39 is 0 Å². The molecule has 140 valence electrons. The predicted molar refractivity (Wildman–Crippen MR) is 99.9 cm³/mol. The smallest absolute Gasteiger partial charge is 0.234 e. The first-order chi connectivity index (χ1) is 12.1. The molecule has 0 saturated carbocycles. The molecule has 0 aromatic heterocycles. The molecule has 1 saturated heterocycles. The maximum atomic E-state index is 13.9. The first kappa shape index (κ1) is 20.3. The van der Waals surface area contributed by atoms with Crippen LogP contribution < -0.4 is 5.32 Å². The van der Waals surface area contributed by atoms with Crippen LogP contribution in [-0.4, -0.2) is 68.7 Å². The lowest BCUT2D eigenvalue weighted by Gasteiger charge is -2.34. The Balaban J connectivity index is 1.65. The van der Waals surface area contributed by atoms with Gasteiger partial charge < -0.3 is 10.1 Å². The van der Waals surface area contributed by atoms with Crippen LogP contribution in [0, 0.1) is 5.82 Å². The van der Waals surface area contributed by atoms with E-state index in [1.54, 1.807) is 7.11 Å². The quantitative estimate of drug-likeness (QED) is 0.628. The number of piperazine rings is 1. The van der Waals surface area contributed by atoms with Crippen molar-refractivity contribution in [2.75, 3.05) is 53.0 Å². The van der Waals surface area contributed by atoms with Crippen LogP contribution in [-0.2, 0) is 16.1 Å². The molecule has 0 radical (unpaired) electrons. The largest absolute Gasteiger partial charge is 0.385 e. The summed E-state index contributed by atoms with van der Waals surface area (Å²) in [5, 5.41) is 2.95. The van der Waals surface area contributed by atoms with Crippen molar-refractivity contribution >= 4 is 21.8 Å². The van der Waals surface area contributed by atoms with E-state index in [0.717, 1.165) is 50.1 Å². The van der Waals surface area contributed by atoms with E-state index in [-0.39, 0.29) is 11.7 Å². The third-order valence-electron chi connectivity index (χ3n) is 4.34. The van der Waals surface area contributed by atoms with Crippen LogP contribution in [0.15, 0.2) is 22.7 Å². The summed E-state index contributed by atoms with van der Waals surface area (Å²) in [6.07, 6.45) is 1.90. The van der Waals surface area contributed by atoms with E-state index in [1.807, 2.05) is 12.1 Å². The lowest BCUT2D eigenvalue weighted by atomic mass is 10.2. The van der Waals surface area contributed by atoms with Crippen LogP contribution in [0.1, 0.15) is 18.4 Å². The molecule has 1 amide bonds. The average Bonchev–Trinajstić information content (AvgIpc) is 2.59. The van der Waals surface area contributed by atoms with Gasteiger partial charge in [0.05, 0.1) is 6.54 Å². The summed E-state index contributed by atoms with van der Waals surface area (Å²) in [4.78, 5) is 16.3. The Kier molecular flexibility index (Phi) is 8.81. The number of nitrogens with zero attached hydrogens (tertiary/aromatic N) is 2. The third kappa shape index (κ3) is 7.40. The molecule has 0 unspecified atom stereocenters. The van der Waals surface area contributed by atoms with Crippen molar-refractivity contribution in [1.82, 2.24) is 15.1 Å². The summed E-state index contributed by atoms with van der Waals surface area (Å²) < 4.78 is 19.7. The maximum absolute atomic E-state index is 13.9. The van der Waals surface area contributed by atoms with E-state index in [2.05, 4.69) is 31.0 Å². The van der Waals surface area contributed by atoms with E-state index in [9.17, 15) is 9.18 Å². The number of benzene rings is 1. The number of hydrogen-bond donors (Lipinski definition) is 1. The summed E-state index contributed by atoms with van der Waals surface area (Å²) in [5.74, 6) is -0.102. The van der Waals surface area contributed by atoms with Crippen molar-refractivity contribution in [2.24, 2.45) is 0 Å². The topological polar surface area (TPSA) is 44.8 Å². The lowest BCUT2D eigenvalue weighted by molar-refractivity contribution is -0.122. The minimum absolute atomic E-state index is 0.0739. The SMILES string of the molecule is COCCCCNC(=O)CN1CCN(Cc2ccc(Br)cc2F)CC1. The highest BCUT2D eigenvalue weighted by Gasteiger charge is 2.19. The highest BCUT2D eigenvalue weighted by molar-refractivity contribution is 9.10. The average molecular weight is 416 g/mol. The number of halogens is 2. The van der Waals surface area contributed by atoms with Gasteiger partial charge in [0.1, 0.15) is 5.82 Å². The van der Waals surface area contributed by atoms with Gasteiger partial charge in [0.2, 0.25) is 5.91 Å². The molecule has 1 fully saturated rings. The zero-order chi connectivity index (χ0) is 18.1. The highest BCUT2D eigenvalue weighted by atomic mass is 79.9. The van der Waals surface area contributed by atoms with Gasteiger partial charge in [-0.25, -0.2) is 4.39 Å². The highest BCUT2D eigenvalue weighted by Crippen LogP contribution is 2.17. The zero-order valence-corrected chi connectivity index (χ0v) is 16.4. The molecule has 7 heteroatoms. The van der Waals surface area contributed by atoms with Crippen LogP contribution >= 0.6 is 15.9 Å². The molecule has 5 nitrogen and oxygen atoms in total. The number of unbranched alkanes of at least 4 members (excludes halogenated alkanes) is 1. The summed E-state index contributed by atoms with van der Waals surface area (Å²) in [7, 11) is 1.68. The van der Waals surface area contributed by atoms with Gasteiger partial charge in [0.25, 0.3) is 0 Å². The standard InChI is InChI=1S/C18H27BrFN3O2/c1-25-11-3-2-6-21-18(24)14-23-9-7-22(8-10-23)13-15-4-5-16(19)12-17(15)20/h4-5,12H,2-3,6-11,13-14H2,1H3,(H,21,24). The Bertz CT molecular complexity index is 551. The molecule has 1 aliphatic heterocycles. The number of hydrogen-bond acceptors (Lipinski definition) is 4. The molecule has 25 heavy (non-hydrogen) atoms. The van der Waals surface area contributed by atoms with Gasteiger partial charge in [-0.2, -0.15) is 0 Å². The Morgan fingerprint density at radius 2 is 1.96 bits per heavy atom. The van der Waals surface area contributed by atoms with Gasteiger partial charge in [0.15, 0.2) is 0 Å². The van der Waals surface area contributed by atoms with Gasteiger partial charge in [0, 0.05) is 63.0 Å². The number of amides is 1. The minimum Gasteiger partial charge on any atom is -0.385 e. The van der Waals surface area contributed by atoms with E-state index >= 15 is 0 Å².